The van der Waals surface area contributed by atoms with E-state index in [2.05, 4.69) is 26.6 Å². The lowest BCUT2D eigenvalue weighted by atomic mass is 9.98. The van der Waals surface area contributed by atoms with Crippen LogP contribution >= 0.6 is 15.9 Å². The first-order chi connectivity index (χ1) is 15.6. The van der Waals surface area contributed by atoms with Gasteiger partial charge in [0.05, 0.1) is 22.2 Å². The second-order valence-corrected chi connectivity index (χ2v) is 11.3. The van der Waals surface area contributed by atoms with Crippen molar-refractivity contribution in [3.05, 3.63) is 45.9 Å². The van der Waals surface area contributed by atoms with Gasteiger partial charge in [-0.3, -0.25) is 9.59 Å². The highest BCUT2D eigenvalue weighted by Gasteiger charge is 2.35. The molecule has 0 spiro atoms. The molecule has 1 saturated heterocycles. The number of benzene rings is 2. The molecule has 33 heavy (non-hydrogen) atoms. The summed E-state index contributed by atoms with van der Waals surface area (Å²) >= 11 is 3.46. The fraction of sp³-hybridized carbons (Fsp3) is 0.391. The second kappa shape index (κ2) is 9.08. The van der Waals surface area contributed by atoms with Crippen LogP contribution in [0.3, 0.4) is 0 Å². The number of carbonyl (C=O) groups is 2. The summed E-state index contributed by atoms with van der Waals surface area (Å²) in [6.45, 7) is 5.68. The van der Waals surface area contributed by atoms with Crippen LogP contribution in [0.25, 0.3) is 0 Å². The first-order valence-electron chi connectivity index (χ1n) is 10.8. The fourth-order valence-corrected chi connectivity index (χ4v) is 6.43. The van der Waals surface area contributed by atoms with Crippen molar-refractivity contribution in [3.63, 3.8) is 0 Å². The van der Waals surface area contributed by atoms with Crippen LogP contribution in [0, 0.1) is 19.8 Å². The van der Waals surface area contributed by atoms with Crippen LogP contribution in [0.2, 0.25) is 0 Å². The molecule has 2 N–H and O–H groups in total. The summed E-state index contributed by atoms with van der Waals surface area (Å²) in [4.78, 5) is 24.9. The molecule has 2 atom stereocenters. The number of hydrogen-bond donors (Lipinski definition) is 2. The average molecular weight is 536 g/mol. The summed E-state index contributed by atoms with van der Waals surface area (Å²) in [6.07, 6.45) is 0.483. The number of ether oxygens (including phenoxy) is 1. The molecule has 4 rings (SSSR count). The number of nitrogens with one attached hydrogen (secondary N) is 2. The number of nitrogens with zero attached hydrogens (tertiary/aromatic N) is 1. The summed E-state index contributed by atoms with van der Waals surface area (Å²) in [7, 11) is -3.86. The van der Waals surface area contributed by atoms with Crippen molar-refractivity contribution in [2.75, 3.05) is 23.7 Å². The standard InChI is InChI=1S/C23H26BrN3O5S/c1-13-6-7-18(17(24)9-13)25-23(29)16-5-4-8-27(12-16)33(30,31)21-11-20-19(10-14(21)2)26-22(28)15(3)32-20/h6-7,9-11,15-16H,4-5,8,12H2,1-3H3,(H,25,29)(H,26,28)/t15-,16-/m1/s1. The van der Waals surface area contributed by atoms with Crippen LogP contribution in [0.5, 0.6) is 5.75 Å². The van der Waals surface area contributed by atoms with Gasteiger partial charge < -0.3 is 15.4 Å². The van der Waals surface area contributed by atoms with Gasteiger partial charge >= 0.3 is 0 Å². The summed E-state index contributed by atoms with van der Waals surface area (Å²) in [5.41, 5.74) is 2.68. The topological polar surface area (TPSA) is 105 Å². The van der Waals surface area contributed by atoms with Crippen LogP contribution in [-0.4, -0.2) is 43.7 Å². The Labute approximate surface area is 201 Å². The number of halogens is 1. The van der Waals surface area contributed by atoms with Crippen molar-refractivity contribution in [1.82, 2.24) is 4.31 Å². The summed E-state index contributed by atoms with van der Waals surface area (Å²) in [6, 6.07) is 8.71. The molecule has 2 aliphatic rings. The van der Waals surface area contributed by atoms with E-state index in [0.717, 1.165) is 10.0 Å². The molecule has 2 amide bonds. The Balaban J connectivity index is 1.54. The van der Waals surface area contributed by atoms with Crippen LogP contribution in [0.4, 0.5) is 11.4 Å². The summed E-state index contributed by atoms with van der Waals surface area (Å²) < 4.78 is 34.8. The number of carbonyl (C=O) groups excluding carboxylic acids is 2. The van der Waals surface area contributed by atoms with Crippen LogP contribution in [0.1, 0.15) is 30.9 Å². The lowest BCUT2D eigenvalue weighted by molar-refractivity contribution is -0.123. The Bertz CT molecular complexity index is 1230. The minimum absolute atomic E-state index is 0.0994. The predicted octanol–water partition coefficient (Wildman–Crippen LogP) is 3.82. The van der Waals surface area contributed by atoms with E-state index >= 15 is 0 Å². The largest absolute Gasteiger partial charge is 0.479 e. The van der Waals surface area contributed by atoms with E-state index in [1.807, 2.05) is 25.1 Å². The molecular weight excluding hydrogens is 510 g/mol. The molecule has 2 aliphatic heterocycles. The van der Waals surface area contributed by atoms with Gasteiger partial charge in [-0.05, 0) is 78.9 Å². The number of fused-ring (bicyclic) bond motifs is 1. The van der Waals surface area contributed by atoms with E-state index in [4.69, 9.17) is 4.74 Å². The van der Waals surface area contributed by atoms with Crippen molar-refractivity contribution >= 4 is 49.1 Å². The number of amides is 2. The maximum absolute atomic E-state index is 13.5. The van der Waals surface area contributed by atoms with Crippen molar-refractivity contribution in [1.29, 1.82) is 0 Å². The van der Waals surface area contributed by atoms with Crippen molar-refractivity contribution in [2.24, 2.45) is 5.92 Å². The molecule has 2 aromatic carbocycles. The molecule has 8 nitrogen and oxygen atoms in total. The molecule has 0 unspecified atom stereocenters. The number of sulfonamides is 1. The molecular formula is C23H26BrN3O5S. The molecule has 2 heterocycles. The van der Waals surface area contributed by atoms with Gasteiger partial charge in [0.25, 0.3) is 5.91 Å². The van der Waals surface area contributed by atoms with E-state index in [9.17, 15) is 18.0 Å². The SMILES string of the molecule is Cc1ccc(NC(=O)[C@@H]2CCCN(S(=O)(=O)c3cc4c(cc3C)NC(=O)[C@@H](C)O4)C2)c(Br)c1. The zero-order valence-electron chi connectivity index (χ0n) is 18.6. The number of hydrogen-bond acceptors (Lipinski definition) is 5. The van der Waals surface area contributed by atoms with Gasteiger partial charge in [-0.25, -0.2) is 8.42 Å². The van der Waals surface area contributed by atoms with Gasteiger partial charge in [-0.1, -0.05) is 6.07 Å². The van der Waals surface area contributed by atoms with Crippen LogP contribution in [0.15, 0.2) is 39.7 Å². The second-order valence-electron chi connectivity index (χ2n) is 8.54. The zero-order chi connectivity index (χ0) is 23.9. The molecule has 2 aromatic rings. The normalized spacial score (nSPS) is 21.0. The number of aryl methyl sites for hydroxylation is 2. The van der Waals surface area contributed by atoms with Crippen LogP contribution in [-0.2, 0) is 19.6 Å². The van der Waals surface area contributed by atoms with Crippen molar-refractivity contribution in [3.8, 4) is 5.75 Å². The van der Waals surface area contributed by atoms with Gasteiger partial charge in [0, 0.05) is 23.6 Å². The summed E-state index contributed by atoms with van der Waals surface area (Å²) in [5, 5.41) is 5.65. The predicted molar refractivity (Wildman–Crippen MR) is 129 cm³/mol. The third-order valence-electron chi connectivity index (χ3n) is 5.96. The van der Waals surface area contributed by atoms with E-state index in [1.54, 1.807) is 19.9 Å². The monoisotopic (exact) mass is 535 g/mol. The highest BCUT2D eigenvalue weighted by Crippen LogP contribution is 2.36. The highest BCUT2D eigenvalue weighted by molar-refractivity contribution is 9.10. The Morgan fingerprint density at radius 3 is 2.73 bits per heavy atom. The molecule has 0 radical (unpaired) electrons. The maximum atomic E-state index is 13.5. The maximum Gasteiger partial charge on any atom is 0.265 e. The summed E-state index contributed by atoms with van der Waals surface area (Å²) in [5.74, 6) is -0.624. The Hall–Kier alpha value is -2.43. The average Bonchev–Trinajstić information content (AvgIpc) is 2.76. The van der Waals surface area contributed by atoms with E-state index in [1.165, 1.54) is 10.4 Å². The van der Waals surface area contributed by atoms with Gasteiger partial charge in [0.1, 0.15) is 5.75 Å². The minimum atomic E-state index is -3.86. The third-order valence-corrected chi connectivity index (χ3v) is 8.63. The smallest absolute Gasteiger partial charge is 0.265 e. The Morgan fingerprint density at radius 2 is 2.00 bits per heavy atom. The lowest BCUT2D eigenvalue weighted by Crippen LogP contribution is -2.44. The lowest BCUT2D eigenvalue weighted by Gasteiger charge is -2.32. The fourth-order valence-electron chi connectivity index (χ4n) is 4.09. The van der Waals surface area contributed by atoms with E-state index in [-0.39, 0.29) is 23.3 Å². The number of rotatable bonds is 4. The highest BCUT2D eigenvalue weighted by atomic mass is 79.9. The number of anilines is 2. The quantitative estimate of drug-likeness (QED) is 0.619. The van der Waals surface area contributed by atoms with E-state index < -0.39 is 22.0 Å². The van der Waals surface area contributed by atoms with E-state index in [0.29, 0.717) is 42.1 Å². The first-order valence-corrected chi connectivity index (χ1v) is 13.0. The molecule has 10 heteroatoms. The van der Waals surface area contributed by atoms with Crippen LogP contribution < -0.4 is 15.4 Å². The third kappa shape index (κ3) is 4.78. The van der Waals surface area contributed by atoms with Gasteiger partial charge in [0.2, 0.25) is 15.9 Å². The zero-order valence-corrected chi connectivity index (χ0v) is 21.0. The Morgan fingerprint density at radius 1 is 1.24 bits per heavy atom. The van der Waals surface area contributed by atoms with Gasteiger partial charge in [0.15, 0.2) is 6.10 Å². The first kappa shape index (κ1) is 23.7. The number of piperidine rings is 1. The van der Waals surface area contributed by atoms with Crippen molar-refractivity contribution < 1.29 is 22.7 Å². The molecule has 1 fully saturated rings. The van der Waals surface area contributed by atoms with Crippen molar-refractivity contribution in [2.45, 2.75) is 44.6 Å². The Kier molecular flexibility index (Phi) is 6.52. The molecule has 0 saturated carbocycles. The molecule has 0 bridgehead atoms. The minimum Gasteiger partial charge on any atom is -0.479 e. The molecule has 0 aliphatic carbocycles. The van der Waals surface area contributed by atoms with Gasteiger partial charge in [-0.2, -0.15) is 4.31 Å². The molecule has 176 valence electrons. The van der Waals surface area contributed by atoms with Gasteiger partial charge in [-0.15, -0.1) is 0 Å². The molecule has 0 aromatic heterocycles.